The van der Waals surface area contributed by atoms with Gasteiger partial charge in [-0.3, -0.25) is 0 Å². The SMILES string of the molecule is CC(Nc1ccc(I)cc1)c1ccco1. The first kappa shape index (κ1) is 10.5. The van der Waals surface area contributed by atoms with Crippen LogP contribution < -0.4 is 5.32 Å². The number of rotatable bonds is 3. The van der Waals surface area contributed by atoms with Gasteiger partial charge < -0.3 is 9.73 Å². The van der Waals surface area contributed by atoms with E-state index in [0.717, 1.165) is 11.4 Å². The van der Waals surface area contributed by atoms with Gasteiger partial charge in [-0.15, -0.1) is 0 Å². The topological polar surface area (TPSA) is 25.2 Å². The molecule has 15 heavy (non-hydrogen) atoms. The number of hydrogen-bond donors (Lipinski definition) is 1. The van der Waals surface area contributed by atoms with Crippen molar-refractivity contribution >= 4 is 28.3 Å². The van der Waals surface area contributed by atoms with Crippen LogP contribution in [0.4, 0.5) is 5.69 Å². The second-order valence-electron chi connectivity index (χ2n) is 3.39. The first-order chi connectivity index (χ1) is 7.25. The largest absolute Gasteiger partial charge is 0.467 e. The predicted octanol–water partition coefficient (Wildman–Crippen LogP) is 4.06. The molecule has 2 rings (SSSR count). The van der Waals surface area contributed by atoms with Crippen molar-refractivity contribution in [3.63, 3.8) is 0 Å². The standard InChI is InChI=1S/C12H12INO/c1-9(12-3-2-8-15-12)14-11-6-4-10(13)5-7-11/h2-9,14H,1H3. The summed E-state index contributed by atoms with van der Waals surface area (Å²) in [6.45, 7) is 2.08. The summed E-state index contributed by atoms with van der Waals surface area (Å²) >= 11 is 2.29. The van der Waals surface area contributed by atoms with E-state index in [4.69, 9.17) is 4.42 Å². The first-order valence-corrected chi connectivity index (χ1v) is 5.89. The van der Waals surface area contributed by atoms with Crippen molar-refractivity contribution in [2.24, 2.45) is 0 Å². The minimum atomic E-state index is 0.195. The average molecular weight is 313 g/mol. The third kappa shape index (κ3) is 2.75. The third-order valence-corrected chi connectivity index (χ3v) is 2.92. The molecule has 0 aliphatic rings. The van der Waals surface area contributed by atoms with Crippen LogP contribution >= 0.6 is 22.6 Å². The lowest BCUT2D eigenvalue weighted by molar-refractivity contribution is 0.490. The minimum absolute atomic E-state index is 0.195. The smallest absolute Gasteiger partial charge is 0.125 e. The molecule has 2 nitrogen and oxygen atoms in total. The van der Waals surface area contributed by atoms with Crippen molar-refractivity contribution < 1.29 is 4.42 Å². The molecule has 1 aromatic heterocycles. The van der Waals surface area contributed by atoms with Crippen molar-refractivity contribution in [3.05, 3.63) is 52.0 Å². The van der Waals surface area contributed by atoms with Crippen LogP contribution in [0.5, 0.6) is 0 Å². The van der Waals surface area contributed by atoms with Crippen LogP contribution in [0.2, 0.25) is 0 Å². The summed E-state index contributed by atoms with van der Waals surface area (Å²) in [4.78, 5) is 0. The van der Waals surface area contributed by atoms with Crippen LogP contribution in [0.15, 0.2) is 47.1 Å². The molecular weight excluding hydrogens is 301 g/mol. The summed E-state index contributed by atoms with van der Waals surface area (Å²) in [5.74, 6) is 0.952. The number of hydrogen-bond acceptors (Lipinski definition) is 2. The van der Waals surface area contributed by atoms with Gasteiger partial charge in [0.05, 0.1) is 12.3 Å². The van der Waals surface area contributed by atoms with Gasteiger partial charge in [-0.2, -0.15) is 0 Å². The van der Waals surface area contributed by atoms with Gasteiger partial charge in [0.1, 0.15) is 5.76 Å². The molecule has 0 aliphatic heterocycles. The zero-order valence-electron chi connectivity index (χ0n) is 8.41. The highest BCUT2D eigenvalue weighted by Gasteiger charge is 2.06. The van der Waals surface area contributed by atoms with Gasteiger partial charge in [0.15, 0.2) is 0 Å². The molecule has 0 bridgehead atoms. The number of nitrogens with one attached hydrogen (secondary N) is 1. The molecule has 1 unspecified atom stereocenters. The predicted molar refractivity (Wildman–Crippen MR) is 69.9 cm³/mol. The monoisotopic (exact) mass is 313 g/mol. The van der Waals surface area contributed by atoms with Crippen LogP contribution in [-0.4, -0.2) is 0 Å². The Balaban J connectivity index is 2.06. The number of furan rings is 1. The Bertz CT molecular complexity index is 408. The highest BCUT2D eigenvalue weighted by atomic mass is 127. The van der Waals surface area contributed by atoms with Crippen molar-refractivity contribution in [2.45, 2.75) is 13.0 Å². The fraction of sp³-hybridized carbons (Fsp3) is 0.167. The maximum Gasteiger partial charge on any atom is 0.125 e. The van der Waals surface area contributed by atoms with E-state index in [1.807, 2.05) is 12.1 Å². The Kier molecular flexibility index (Phi) is 3.30. The highest BCUT2D eigenvalue weighted by molar-refractivity contribution is 14.1. The lowest BCUT2D eigenvalue weighted by Gasteiger charge is -2.12. The molecule has 0 radical (unpaired) electrons. The van der Waals surface area contributed by atoms with Gasteiger partial charge in [0.2, 0.25) is 0 Å². The molecule has 0 saturated carbocycles. The molecule has 0 amide bonds. The summed E-state index contributed by atoms with van der Waals surface area (Å²) in [5.41, 5.74) is 1.11. The molecule has 1 heterocycles. The van der Waals surface area contributed by atoms with E-state index in [1.54, 1.807) is 6.26 Å². The Morgan fingerprint density at radius 1 is 1.20 bits per heavy atom. The van der Waals surface area contributed by atoms with Crippen LogP contribution in [0.25, 0.3) is 0 Å². The van der Waals surface area contributed by atoms with Gasteiger partial charge >= 0.3 is 0 Å². The quantitative estimate of drug-likeness (QED) is 0.865. The zero-order valence-corrected chi connectivity index (χ0v) is 10.6. The van der Waals surface area contributed by atoms with Gasteiger partial charge in [0, 0.05) is 9.26 Å². The summed E-state index contributed by atoms with van der Waals surface area (Å²) < 4.78 is 6.57. The van der Waals surface area contributed by atoms with Crippen molar-refractivity contribution in [2.75, 3.05) is 5.32 Å². The van der Waals surface area contributed by atoms with Crippen LogP contribution in [-0.2, 0) is 0 Å². The van der Waals surface area contributed by atoms with E-state index in [1.165, 1.54) is 3.57 Å². The van der Waals surface area contributed by atoms with Gasteiger partial charge in [-0.1, -0.05) is 0 Å². The fourth-order valence-corrected chi connectivity index (χ4v) is 1.76. The highest BCUT2D eigenvalue weighted by Crippen LogP contribution is 2.19. The van der Waals surface area contributed by atoms with E-state index >= 15 is 0 Å². The summed E-state index contributed by atoms with van der Waals surface area (Å²) in [6, 6.07) is 12.4. The van der Waals surface area contributed by atoms with Gasteiger partial charge in [-0.25, -0.2) is 0 Å². The van der Waals surface area contributed by atoms with Crippen LogP contribution in [0.1, 0.15) is 18.7 Å². The molecule has 2 aromatic rings. The van der Waals surface area contributed by atoms with E-state index in [0.29, 0.717) is 0 Å². The lowest BCUT2D eigenvalue weighted by Crippen LogP contribution is -2.05. The van der Waals surface area contributed by atoms with Crippen LogP contribution in [0.3, 0.4) is 0 Å². The van der Waals surface area contributed by atoms with Gasteiger partial charge in [-0.05, 0) is 65.9 Å². The molecular formula is C12H12INO. The molecule has 78 valence electrons. The second kappa shape index (κ2) is 4.70. The number of halogens is 1. The molecule has 0 fully saturated rings. The summed E-state index contributed by atoms with van der Waals surface area (Å²) in [5, 5.41) is 3.37. The molecule has 1 atom stereocenters. The van der Waals surface area contributed by atoms with Crippen molar-refractivity contribution in [1.29, 1.82) is 0 Å². The van der Waals surface area contributed by atoms with Crippen molar-refractivity contribution in [1.82, 2.24) is 0 Å². The van der Waals surface area contributed by atoms with E-state index in [-0.39, 0.29) is 6.04 Å². The maximum atomic E-state index is 5.33. The molecule has 3 heteroatoms. The Morgan fingerprint density at radius 2 is 1.93 bits per heavy atom. The van der Waals surface area contributed by atoms with E-state index in [9.17, 15) is 0 Å². The number of benzene rings is 1. The molecule has 1 aromatic carbocycles. The van der Waals surface area contributed by atoms with Crippen molar-refractivity contribution in [3.8, 4) is 0 Å². The molecule has 1 N–H and O–H groups in total. The lowest BCUT2D eigenvalue weighted by atomic mass is 10.2. The Labute approximate surface area is 103 Å². The molecule has 0 spiro atoms. The number of anilines is 1. The Morgan fingerprint density at radius 3 is 2.53 bits per heavy atom. The minimum Gasteiger partial charge on any atom is -0.467 e. The second-order valence-corrected chi connectivity index (χ2v) is 4.63. The van der Waals surface area contributed by atoms with E-state index in [2.05, 4.69) is 59.1 Å². The summed E-state index contributed by atoms with van der Waals surface area (Å²) in [7, 11) is 0. The van der Waals surface area contributed by atoms with E-state index < -0.39 is 0 Å². The molecule has 0 aliphatic carbocycles. The zero-order chi connectivity index (χ0) is 10.7. The molecule has 0 saturated heterocycles. The fourth-order valence-electron chi connectivity index (χ4n) is 1.40. The van der Waals surface area contributed by atoms with Crippen LogP contribution in [0, 0.1) is 3.57 Å². The Hall–Kier alpha value is -0.970. The first-order valence-electron chi connectivity index (χ1n) is 4.81. The maximum absolute atomic E-state index is 5.33. The average Bonchev–Trinajstić information content (AvgIpc) is 2.74. The summed E-state index contributed by atoms with van der Waals surface area (Å²) in [6.07, 6.45) is 1.70. The normalized spacial score (nSPS) is 12.4. The third-order valence-electron chi connectivity index (χ3n) is 2.20. The van der Waals surface area contributed by atoms with Gasteiger partial charge in [0.25, 0.3) is 0 Å².